The summed E-state index contributed by atoms with van der Waals surface area (Å²) in [5.41, 5.74) is 1.52. The number of nitrogens with one attached hydrogen (secondary N) is 1. The molecule has 0 spiro atoms. The van der Waals surface area contributed by atoms with Crippen molar-refractivity contribution in [2.24, 2.45) is 0 Å². The third kappa shape index (κ3) is 4.07. The summed E-state index contributed by atoms with van der Waals surface area (Å²) in [5.74, 6) is -0.857. The van der Waals surface area contributed by atoms with Crippen LogP contribution in [0.15, 0.2) is 41.3 Å². The molecule has 0 atom stereocenters. The minimum absolute atomic E-state index is 0.0362. The van der Waals surface area contributed by atoms with Crippen molar-refractivity contribution in [2.45, 2.75) is 18.7 Å². The molecular weight excluding hydrogens is 319 g/mol. The first-order valence-electron chi connectivity index (χ1n) is 6.82. The number of halogens is 1. The van der Waals surface area contributed by atoms with Crippen LogP contribution in [0.4, 0.5) is 15.8 Å². The number of amides is 1. The minimum atomic E-state index is -0.536. The molecule has 0 saturated heterocycles. The Morgan fingerprint density at radius 1 is 1.26 bits per heavy atom. The summed E-state index contributed by atoms with van der Waals surface area (Å²) in [4.78, 5) is 23.0. The normalized spacial score (nSPS) is 10.4. The van der Waals surface area contributed by atoms with Crippen LogP contribution < -0.4 is 5.32 Å². The molecule has 7 heteroatoms. The van der Waals surface area contributed by atoms with Crippen LogP contribution in [0.25, 0.3) is 0 Å². The fraction of sp³-hybridized carbons (Fsp3) is 0.188. The molecule has 0 unspecified atom stereocenters. The van der Waals surface area contributed by atoms with Gasteiger partial charge in [0.05, 0.1) is 10.7 Å². The highest BCUT2D eigenvalue weighted by atomic mass is 32.2. The number of carbonyl (C=O) groups is 1. The Hall–Kier alpha value is -2.41. The summed E-state index contributed by atoms with van der Waals surface area (Å²) in [6.07, 6.45) is 0. The average Bonchev–Trinajstić information content (AvgIpc) is 2.51. The van der Waals surface area contributed by atoms with Gasteiger partial charge in [-0.3, -0.25) is 14.9 Å². The van der Waals surface area contributed by atoms with Crippen molar-refractivity contribution in [3.05, 3.63) is 63.5 Å². The van der Waals surface area contributed by atoms with Crippen molar-refractivity contribution in [3.63, 3.8) is 0 Å². The SMILES string of the molecule is Cc1ccc([N+](=O)[O-])c(NC(=O)CSc2ccccc2F)c1C. The second kappa shape index (κ2) is 7.23. The van der Waals surface area contributed by atoms with E-state index in [4.69, 9.17) is 0 Å². The van der Waals surface area contributed by atoms with Gasteiger partial charge in [-0.2, -0.15) is 0 Å². The van der Waals surface area contributed by atoms with Crippen molar-refractivity contribution in [3.8, 4) is 0 Å². The number of benzene rings is 2. The predicted molar refractivity (Wildman–Crippen MR) is 88.3 cm³/mol. The van der Waals surface area contributed by atoms with Gasteiger partial charge in [0.25, 0.3) is 5.69 Å². The van der Waals surface area contributed by atoms with E-state index in [1.807, 2.05) is 6.92 Å². The number of thioether (sulfide) groups is 1. The molecule has 0 saturated carbocycles. The van der Waals surface area contributed by atoms with Crippen LogP contribution in [0.2, 0.25) is 0 Å². The maximum atomic E-state index is 13.5. The van der Waals surface area contributed by atoms with E-state index in [0.717, 1.165) is 17.3 Å². The maximum absolute atomic E-state index is 13.5. The van der Waals surface area contributed by atoms with Gasteiger partial charge in [0.1, 0.15) is 11.5 Å². The third-order valence-corrected chi connectivity index (χ3v) is 4.42. The van der Waals surface area contributed by atoms with Crippen molar-refractivity contribution < 1.29 is 14.1 Å². The molecule has 2 rings (SSSR count). The van der Waals surface area contributed by atoms with E-state index in [1.165, 1.54) is 12.1 Å². The first-order valence-corrected chi connectivity index (χ1v) is 7.80. The van der Waals surface area contributed by atoms with Crippen LogP contribution >= 0.6 is 11.8 Å². The van der Waals surface area contributed by atoms with Gasteiger partial charge in [-0.25, -0.2) is 4.39 Å². The third-order valence-electron chi connectivity index (χ3n) is 3.37. The quantitative estimate of drug-likeness (QED) is 0.508. The van der Waals surface area contributed by atoms with Gasteiger partial charge in [-0.05, 0) is 37.1 Å². The molecule has 0 aliphatic rings. The Morgan fingerprint density at radius 2 is 1.96 bits per heavy atom. The Morgan fingerprint density at radius 3 is 2.61 bits per heavy atom. The molecule has 5 nitrogen and oxygen atoms in total. The van der Waals surface area contributed by atoms with E-state index in [2.05, 4.69) is 5.32 Å². The summed E-state index contributed by atoms with van der Waals surface area (Å²) in [6, 6.07) is 9.14. The Balaban J connectivity index is 2.13. The molecule has 0 aromatic heterocycles. The Bertz CT molecular complexity index is 765. The number of nitro benzene ring substituents is 1. The molecule has 0 aliphatic heterocycles. The van der Waals surface area contributed by atoms with Crippen LogP contribution in [-0.2, 0) is 4.79 Å². The number of hydrogen-bond acceptors (Lipinski definition) is 4. The molecule has 0 aliphatic carbocycles. The van der Waals surface area contributed by atoms with Gasteiger partial charge in [-0.15, -0.1) is 11.8 Å². The average molecular weight is 334 g/mol. The van der Waals surface area contributed by atoms with E-state index in [-0.39, 0.29) is 17.1 Å². The first-order chi connectivity index (χ1) is 10.9. The fourth-order valence-electron chi connectivity index (χ4n) is 1.99. The van der Waals surface area contributed by atoms with Crippen LogP contribution in [0.1, 0.15) is 11.1 Å². The predicted octanol–water partition coefficient (Wildman–Crippen LogP) is 4.08. The van der Waals surface area contributed by atoms with Crippen LogP contribution in [0, 0.1) is 29.8 Å². The van der Waals surface area contributed by atoms with Crippen molar-refractivity contribution in [1.29, 1.82) is 0 Å². The molecule has 1 amide bonds. The van der Waals surface area contributed by atoms with Gasteiger partial charge in [0, 0.05) is 11.0 Å². The number of nitro groups is 1. The molecule has 2 aromatic rings. The summed E-state index contributed by atoms with van der Waals surface area (Å²) in [6.45, 7) is 3.52. The zero-order valence-electron chi connectivity index (χ0n) is 12.6. The smallest absolute Gasteiger partial charge is 0.293 e. The lowest BCUT2D eigenvalue weighted by Crippen LogP contribution is -2.16. The van der Waals surface area contributed by atoms with Crippen molar-refractivity contribution in [2.75, 3.05) is 11.1 Å². The zero-order chi connectivity index (χ0) is 17.0. The van der Waals surface area contributed by atoms with Gasteiger partial charge in [-0.1, -0.05) is 18.2 Å². The highest BCUT2D eigenvalue weighted by Gasteiger charge is 2.19. The van der Waals surface area contributed by atoms with E-state index in [9.17, 15) is 19.3 Å². The number of rotatable bonds is 5. The molecule has 0 radical (unpaired) electrons. The number of nitrogens with zero attached hydrogens (tertiary/aromatic N) is 1. The topological polar surface area (TPSA) is 72.2 Å². The van der Waals surface area contributed by atoms with Crippen molar-refractivity contribution in [1.82, 2.24) is 0 Å². The highest BCUT2D eigenvalue weighted by Crippen LogP contribution is 2.30. The first kappa shape index (κ1) is 17.0. The molecule has 2 aromatic carbocycles. The monoisotopic (exact) mass is 334 g/mol. The molecule has 120 valence electrons. The number of hydrogen-bond donors (Lipinski definition) is 1. The number of carbonyl (C=O) groups excluding carboxylic acids is 1. The summed E-state index contributed by atoms with van der Waals surface area (Å²) in [7, 11) is 0. The Labute approximate surface area is 137 Å². The zero-order valence-corrected chi connectivity index (χ0v) is 13.4. The van der Waals surface area contributed by atoms with Gasteiger partial charge < -0.3 is 5.32 Å². The number of aryl methyl sites for hydroxylation is 1. The molecule has 0 heterocycles. The number of anilines is 1. The van der Waals surface area contributed by atoms with Crippen LogP contribution in [0.3, 0.4) is 0 Å². The van der Waals surface area contributed by atoms with Gasteiger partial charge in [0.2, 0.25) is 5.91 Å². The summed E-state index contributed by atoms with van der Waals surface area (Å²) >= 11 is 1.04. The maximum Gasteiger partial charge on any atom is 0.293 e. The fourth-order valence-corrected chi connectivity index (χ4v) is 2.73. The highest BCUT2D eigenvalue weighted by molar-refractivity contribution is 8.00. The van der Waals surface area contributed by atoms with Crippen LogP contribution in [-0.4, -0.2) is 16.6 Å². The van der Waals surface area contributed by atoms with Gasteiger partial charge in [0.15, 0.2) is 0 Å². The van der Waals surface area contributed by atoms with Gasteiger partial charge >= 0.3 is 0 Å². The Kier molecular flexibility index (Phi) is 5.33. The molecule has 23 heavy (non-hydrogen) atoms. The van der Waals surface area contributed by atoms with E-state index >= 15 is 0 Å². The second-order valence-corrected chi connectivity index (χ2v) is 5.94. The van der Waals surface area contributed by atoms with E-state index in [1.54, 1.807) is 31.2 Å². The lowest BCUT2D eigenvalue weighted by molar-refractivity contribution is -0.384. The summed E-state index contributed by atoms with van der Waals surface area (Å²) in [5, 5.41) is 13.7. The van der Waals surface area contributed by atoms with Crippen molar-refractivity contribution >= 4 is 29.0 Å². The van der Waals surface area contributed by atoms with E-state index < -0.39 is 16.6 Å². The molecule has 0 bridgehead atoms. The summed E-state index contributed by atoms with van der Waals surface area (Å²) < 4.78 is 13.5. The minimum Gasteiger partial charge on any atom is -0.319 e. The standard InChI is InChI=1S/C16H15FN2O3S/c1-10-7-8-13(19(21)22)16(11(10)2)18-15(20)9-23-14-6-4-3-5-12(14)17/h3-8H,9H2,1-2H3,(H,18,20). The molecular formula is C16H15FN2O3S. The second-order valence-electron chi connectivity index (χ2n) is 4.93. The van der Waals surface area contributed by atoms with Crippen LogP contribution in [0.5, 0.6) is 0 Å². The lowest BCUT2D eigenvalue weighted by atomic mass is 10.1. The largest absolute Gasteiger partial charge is 0.319 e. The van der Waals surface area contributed by atoms with E-state index in [0.29, 0.717) is 10.5 Å². The molecule has 1 N–H and O–H groups in total. The lowest BCUT2D eigenvalue weighted by Gasteiger charge is -2.11. The molecule has 0 fully saturated rings.